The average Bonchev–Trinajstić information content (AvgIpc) is 2.54. The summed E-state index contributed by atoms with van der Waals surface area (Å²) in [6.45, 7) is -2.90. The molecule has 2 nitrogen and oxygen atoms in total. The summed E-state index contributed by atoms with van der Waals surface area (Å²) in [5, 5.41) is 2.34. The Kier molecular flexibility index (Phi) is 3.46. The van der Waals surface area contributed by atoms with E-state index in [1.54, 1.807) is 0 Å². The van der Waals surface area contributed by atoms with Crippen LogP contribution in [-0.2, 0) is 4.74 Å². The SMILES string of the molecule is [2H]C([2H])(NC)C([2H])([2H])OC(c1ccccc1)c1ccccc1C. The van der Waals surface area contributed by atoms with Crippen molar-refractivity contribution < 1.29 is 10.2 Å². The lowest BCUT2D eigenvalue weighted by molar-refractivity contribution is 0.0827. The first-order valence-corrected chi connectivity index (χ1v) is 6.26. The van der Waals surface area contributed by atoms with Gasteiger partial charge < -0.3 is 10.1 Å². The number of hydrogen-bond acceptors (Lipinski definition) is 2. The van der Waals surface area contributed by atoms with Gasteiger partial charge in [-0.05, 0) is 30.7 Å². The van der Waals surface area contributed by atoms with Crippen molar-refractivity contribution in [3.05, 3.63) is 71.3 Å². The molecule has 0 fully saturated rings. The van der Waals surface area contributed by atoms with Crippen LogP contribution in [0.3, 0.4) is 0 Å². The predicted octanol–water partition coefficient (Wildman–Crippen LogP) is 3.32. The Hall–Kier alpha value is -1.64. The molecular weight excluding hydrogens is 234 g/mol. The molecule has 0 aromatic heterocycles. The number of rotatable bonds is 6. The van der Waals surface area contributed by atoms with Gasteiger partial charge in [0, 0.05) is 9.24 Å². The third-order valence-corrected chi connectivity index (χ3v) is 2.93. The van der Waals surface area contributed by atoms with Crippen molar-refractivity contribution in [2.24, 2.45) is 0 Å². The fourth-order valence-electron chi connectivity index (χ4n) is 1.96. The first kappa shape index (κ1) is 9.29. The molecule has 2 aromatic rings. The minimum Gasteiger partial charge on any atom is -0.367 e. The van der Waals surface area contributed by atoms with Crippen molar-refractivity contribution in [1.29, 1.82) is 0 Å². The van der Waals surface area contributed by atoms with Gasteiger partial charge in [-0.25, -0.2) is 0 Å². The van der Waals surface area contributed by atoms with E-state index in [0.717, 1.165) is 16.7 Å². The summed E-state index contributed by atoms with van der Waals surface area (Å²) in [6.07, 6.45) is -0.698. The van der Waals surface area contributed by atoms with Gasteiger partial charge in [-0.15, -0.1) is 0 Å². The molecule has 0 saturated heterocycles. The highest BCUT2D eigenvalue weighted by Crippen LogP contribution is 2.28. The summed E-state index contributed by atoms with van der Waals surface area (Å²) in [4.78, 5) is 0. The van der Waals surface area contributed by atoms with Gasteiger partial charge in [0.05, 0.1) is 9.30 Å². The molecule has 0 aliphatic rings. The first-order valence-electron chi connectivity index (χ1n) is 8.26. The van der Waals surface area contributed by atoms with Gasteiger partial charge in [0.2, 0.25) is 0 Å². The summed E-state index contributed by atoms with van der Waals surface area (Å²) in [7, 11) is 1.37. The number of aryl methyl sites for hydroxylation is 1. The maximum Gasteiger partial charge on any atom is 0.108 e. The van der Waals surface area contributed by atoms with Crippen LogP contribution in [0.2, 0.25) is 0 Å². The monoisotopic (exact) mass is 259 g/mol. The summed E-state index contributed by atoms with van der Waals surface area (Å²) in [5.74, 6) is 0. The molecular formula is C17H21NO. The molecule has 19 heavy (non-hydrogen) atoms. The third kappa shape index (κ3) is 3.66. The predicted molar refractivity (Wildman–Crippen MR) is 79.3 cm³/mol. The Morgan fingerprint density at radius 3 is 2.47 bits per heavy atom. The number of benzene rings is 2. The van der Waals surface area contributed by atoms with Gasteiger partial charge >= 0.3 is 0 Å². The molecule has 1 N–H and O–H groups in total. The Labute approximate surface area is 121 Å². The van der Waals surface area contributed by atoms with Crippen LogP contribution in [0.4, 0.5) is 0 Å². The Morgan fingerprint density at radius 1 is 1.11 bits per heavy atom. The highest BCUT2D eigenvalue weighted by atomic mass is 16.5. The van der Waals surface area contributed by atoms with E-state index in [4.69, 9.17) is 10.2 Å². The van der Waals surface area contributed by atoms with Gasteiger partial charge in [0.15, 0.2) is 0 Å². The second-order valence-electron chi connectivity index (χ2n) is 4.24. The van der Waals surface area contributed by atoms with Crippen LogP contribution < -0.4 is 5.32 Å². The van der Waals surface area contributed by atoms with Crippen LogP contribution in [0.15, 0.2) is 54.6 Å². The zero-order valence-corrected chi connectivity index (χ0v) is 11.2. The lowest BCUT2D eigenvalue weighted by Gasteiger charge is -2.20. The van der Waals surface area contributed by atoms with E-state index in [0.29, 0.717) is 0 Å². The van der Waals surface area contributed by atoms with E-state index < -0.39 is 19.2 Å². The standard InChI is InChI=1S/C17H21NO/c1-14-8-6-7-11-16(14)17(19-13-12-18-2)15-9-4-3-5-10-15/h3-11,17-18H,12-13H2,1-2H3/i12D2,13D2. The van der Waals surface area contributed by atoms with E-state index in [-0.39, 0.29) is 0 Å². The maximum atomic E-state index is 8.04. The van der Waals surface area contributed by atoms with Gasteiger partial charge in [-0.2, -0.15) is 0 Å². The lowest BCUT2D eigenvalue weighted by Crippen LogP contribution is -2.17. The fourth-order valence-corrected chi connectivity index (χ4v) is 1.96. The third-order valence-electron chi connectivity index (χ3n) is 2.93. The Bertz CT molecular complexity index is 646. The smallest absolute Gasteiger partial charge is 0.108 e. The fraction of sp³-hybridized carbons (Fsp3) is 0.294. The minimum atomic E-state index is -2.51. The summed E-state index contributed by atoms with van der Waals surface area (Å²) >= 11 is 0. The molecule has 2 heteroatoms. The molecule has 0 aliphatic heterocycles. The van der Waals surface area contributed by atoms with Gasteiger partial charge in [0.1, 0.15) is 6.10 Å². The molecule has 100 valence electrons. The van der Waals surface area contributed by atoms with Crippen LogP contribution in [0, 0.1) is 6.92 Å². The Morgan fingerprint density at radius 2 is 1.79 bits per heavy atom. The highest BCUT2D eigenvalue weighted by Gasteiger charge is 2.15. The number of nitrogens with one attached hydrogen (secondary N) is 1. The van der Waals surface area contributed by atoms with E-state index in [9.17, 15) is 0 Å². The van der Waals surface area contributed by atoms with E-state index in [2.05, 4.69) is 5.32 Å². The highest BCUT2D eigenvalue weighted by molar-refractivity contribution is 5.35. The second-order valence-corrected chi connectivity index (χ2v) is 4.24. The quantitative estimate of drug-likeness (QED) is 0.859. The van der Waals surface area contributed by atoms with Crippen LogP contribution in [0.25, 0.3) is 0 Å². The minimum absolute atomic E-state index is 0.698. The van der Waals surface area contributed by atoms with Crippen LogP contribution in [0.5, 0.6) is 0 Å². The Balaban J connectivity index is 2.46. The maximum absolute atomic E-state index is 8.04. The zero-order valence-electron chi connectivity index (χ0n) is 15.2. The zero-order chi connectivity index (χ0) is 17.1. The molecule has 1 unspecified atom stereocenters. The van der Waals surface area contributed by atoms with Crippen molar-refractivity contribution in [3.8, 4) is 0 Å². The summed E-state index contributed by atoms with van der Waals surface area (Å²) in [6, 6.07) is 16.9. The van der Waals surface area contributed by atoms with E-state index in [1.807, 2.05) is 61.5 Å². The van der Waals surface area contributed by atoms with Gasteiger partial charge in [0.25, 0.3) is 0 Å². The summed E-state index contributed by atoms with van der Waals surface area (Å²) < 4.78 is 37.3. The van der Waals surface area contributed by atoms with E-state index >= 15 is 0 Å². The number of likely N-dealkylation sites (N-methyl/N-ethyl adjacent to an activating group) is 1. The van der Waals surface area contributed by atoms with Crippen molar-refractivity contribution in [2.75, 3.05) is 20.1 Å². The molecule has 0 bridgehead atoms. The average molecular weight is 259 g/mol. The van der Waals surface area contributed by atoms with Crippen molar-refractivity contribution >= 4 is 0 Å². The molecule has 0 aliphatic carbocycles. The number of ether oxygens (including phenoxy) is 1. The lowest BCUT2D eigenvalue weighted by atomic mass is 9.97. The molecule has 0 heterocycles. The molecule has 1 atom stereocenters. The largest absolute Gasteiger partial charge is 0.367 e. The molecule has 0 spiro atoms. The van der Waals surface area contributed by atoms with Gasteiger partial charge in [-0.1, -0.05) is 54.6 Å². The molecule has 2 aromatic carbocycles. The van der Waals surface area contributed by atoms with Crippen molar-refractivity contribution in [2.45, 2.75) is 13.0 Å². The molecule has 0 saturated carbocycles. The molecule has 2 rings (SSSR count). The van der Waals surface area contributed by atoms with Crippen LogP contribution in [-0.4, -0.2) is 20.1 Å². The van der Waals surface area contributed by atoms with Crippen LogP contribution >= 0.6 is 0 Å². The number of hydrogen-bond donors (Lipinski definition) is 1. The van der Waals surface area contributed by atoms with Gasteiger partial charge in [-0.3, -0.25) is 0 Å². The second kappa shape index (κ2) is 7.07. The van der Waals surface area contributed by atoms with Crippen LogP contribution in [0.1, 0.15) is 28.3 Å². The molecule has 0 amide bonds. The van der Waals surface area contributed by atoms with Crippen molar-refractivity contribution in [3.63, 3.8) is 0 Å². The summed E-state index contributed by atoms with van der Waals surface area (Å²) in [5.41, 5.74) is 2.55. The molecule has 0 radical (unpaired) electrons. The van der Waals surface area contributed by atoms with E-state index in [1.165, 1.54) is 7.05 Å². The van der Waals surface area contributed by atoms with Crippen molar-refractivity contribution in [1.82, 2.24) is 5.32 Å². The normalized spacial score (nSPS) is 16.9. The first-order chi connectivity index (χ1) is 10.8. The topological polar surface area (TPSA) is 21.3 Å².